The number of halogens is 2. The molecule has 2 aromatic carbocycles. The van der Waals surface area contributed by atoms with Gasteiger partial charge in [-0.25, -0.2) is 13.8 Å². The quantitative estimate of drug-likeness (QED) is 0.225. The highest BCUT2D eigenvalue weighted by atomic mass is 19.1. The molecule has 2 aromatic heterocycles. The first kappa shape index (κ1) is 40.2. The molecule has 2 N–H and O–H groups in total. The second kappa shape index (κ2) is 17.0. The van der Waals surface area contributed by atoms with Gasteiger partial charge < -0.3 is 24.8 Å². The predicted molar refractivity (Wildman–Crippen MR) is 221 cm³/mol. The van der Waals surface area contributed by atoms with E-state index in [0.29, 0.717) is 73.0 Å². The van der Waals surface area contributed by atoms with E-state index in [-0.39, 0.29) is 60.3 Å². The standard InChI is InChI=1S/C45H47F2N9O5/c46-35-22-34-30(26-56(45(34)60)37-8-10-40(57)52-44(37)59)21-38(35)54-18-16-53(17-19-54)25-27-11-14-55(15-12-27)42-36(47)20-29(24-50-42)43(58)51-31-4-6-32(7-5-31)61-39-9-3-28(23-48)41-33(39)2-1-13-49-41/h1-3,9,13,20-22,24,27,31-32,37H,4-8,10-12,14-19,25-26H2,(H,51,58)(H,52,57,59)/t31-,32-,37-/m0/s1. The number of hydrogen-bond donors (Lipinski definition) is 2. The molecule has 5 aliphatic rings. The van der Waals surface area contributed by atoms with Gasteiger partial charge in [-0.05, 0) is 98.9 Å². The van der Waals surface area contributed by atoms with Gasteiger partial charge in [0.15, 0.2) is 11.6 Å². The summed E-state index contributed by atoms with van der Waals surface area (Å²) in [4.78, 5) is 66.9. The Kier molecular flexibility index (Phi) is 11.2. The number of anilines is 2. The van der Waals surface area contributed by atoms with Crippen LogP contribution >= 0.6 is 0 Å². The van der Waals surface area contributed by atoms with Crippen molar-refractivity contribution in [2.75, 3.05) is 55.6 Å². The highest BCUT2D eigenvalue weighted by Crippen LogP contribution is 2.34. The van der Waals surface area contributed by atoms with Crippen molar-refractivity contribution in [1.82, 2.24) is 30.4 Å². The van der Waals surface area contributed by atoms with Crippen LogP contribution in [0.1, 0.15) is 83.2 Å². The number of nitrogens with one attached hydrogen (secondary N) is 2. The van der Waals surface area contributed by atoms with Crippen LogP contribution in [0.15, 0.2) is 54.9 Å². The molecule has 61 heavy (non-hydrogen) atoms. The second-order valence-electron chi connectivity index (χ2n) is 16.8. The van der Waals surface area contributed by atoms with Crippen molar-refractivity contribution < 1.29 is 32.7 Å². The summed E-state index contributed by atoms with van der Waals surface area (Å²) in [5, 5.41) is 15.6. The SMILES string of the molecule is N#Cc1ccc(O[C@H]2CC[C@H](NC(=O)c3cnc(N4CCC(CN5CCN(c6cc7c(cc6F)C(=O)N([C@H]6CCC(=O)NC6=O)C7)CC5)CC4)c(F)c3)CC2)c2cccnc12. The number of carbonyl (C=O) groups is 4. The molecule has 4 amide bonds. The molecule has 0 spiro atoms. The minimum atomic E-state index is -0.748. The molecule has 1 saturated carbocycles. The van der Waals surface area contributed by atoms with Gasteiger partial charge in [0.05, 0.1) is 28.4 Å². The first-order chi connectivity index (χ1) is 29.6. The van der Waals surface area contributed by atoms with E-state index in [0.717, 1.165) is 50.7 Å². The average Bonchev–Trinajstić information content (AvgIpc) is 3.58. The fourth-order valence-corrected chi connectivity index (χ4v) is 9.58. The largest absolute Gasteiger partial charge is 0.490 e. The third kappa shape index (κ3) is 8.31. The lowest BCUT2D eigenvalue weighted by Gasteiger charge is -2.40. The molecule has 1 aliphatic carbocycles. The number of carbonyl (C=O) groups excluding carboxylic acids is 4. The molecule has 1 atom stereocenters. The number of pyridine rings is 2. The number of piperazine rings is 1. The van der Waals surface area contributed by atoms with E-state index in [4.69, 9.17) is 4.74 Å². The van der Waals surface area contributed by atoms with Crippen LogP contribution < -0.4 is 25.2 Å². The number of fused-ring (bicyclic) bond motifs is 2. The number of amides is 4. The number of rotatable bonds is 9. The fraction of sp³-hybridized carbons (Fsp3) is 0.444. The molecular formula is C45H47F2N9O5. The molecule has 4 aromatic rings. The summed E-state index contributed by atoms with van der Waals surface area (Å²) in [5.74, 6) is -1.22. The lowest BCUT2D eigenvalue weighted by atomic mass is 9.92. The van der Waals surface area contributed by atoms with Gasteiger partial charge in [-0.1, -0.05) is 0 Å². The summed E-state index contributed by atoms with van der Waals surface area (Å²) in [5.41, 5.74) is 2.69. The molecule has 9 rings (SSSR count). The van der Waals surface area contributed by atoms with Gasteiger partial charge in [-0.3, -0.25) is 34.4 Å². The van der Waals surface area contributed by atoms with E-state index in [9.17, 15) is 24.4 Å². The number of aromatic nitrogens is 2. The van der Waals surface area contributed by atoms with Crippen LogP contribution in [0, 0.1) is 28.9 Å². The van der Waals surface area contributed by atoms with Gasteiger partial charge in [0.1, 0.15) is 23.7 Å². The van der Waals surface area contributed by atoms with Crippen molar-refractivity contribution in [1.29, 1.82) is 5.26 Å². The third-order valence-electron chi connectivity index (χ3n) is 13.0. The number of nitrogens with zero attached hydrogens (tertiary/aromatic N) is 7. The van der Waals surface area contributed by atoms with E-state index in [1.165, 1.54) is 23.2 Å². The number of ether oxygens (including phenoxy) is 1. The molecule has 0 unspecified atom stereocenters. The van der Waals surface area contributed by atoms with Crippen molar-refractivity contribution in [3.63, 3.8) is 0 Å². The highest BCUT2D eigenvalue weighted by Gasteiger charge is 2.40. The summed E-state index contributed by atoms with van der Waals surface area (Å²) in [7, 11) is 0. The maximum absolute atomic E-state index is 15.5. The van der Waals surface area contributed by atoms with E-state index in [1.807, 2.05) is 28.0 Å². The minimum absolute atomic E-state index is 0.0386. The molecule has 6 heterocycles. The molecule has 4 aliphatic heterocycles. The lowest BCUT2D eigenvalue weighted by Crippen LogP contribution is -2.52. The van der Waals surface area contributed by atoms with E-state index < -0.39 is 29.5 Å². The van der Waals surface area contributed by atoms with Gasteiger partial charge in [-0.2, -0.15) is 5.26 Å². The van der Waals surface area contributed by atoms with Crippen LogP contribution in [0.3, 0.4) is 0 Å². The van der Waals surface area contributed by atoms with Crippen LogP contribution in [0.2, 0.25) is 0 Å². The number of benzene rings is 2. The van der Waals surface area contributed by atoms with E-state index >= 15 is 8.78 Å². The van der Waals surface area contributed by atoms with Crippen molar-refractivity contribution >= 4 is 46.0 Å². The smallest absolute Gasteiger partial charge is 0.255 e. The maximum Gasteiger partial charge on any atom is 0.255 e. The van der Waals surface area contributed by atoms with Crippen LogP contribution in [-0.2, 0) is 16.1 Å². The number of imide groups is 1. The Labute approximate surface area is 351 Å². The zero-order valence-corrected chi connectivity index (χ0v) is 33.7. The summed E-state index contributed by atoms with van der Waals surface area (Å²) < 4.78 is 37.2. The summed E-state index contributed by atoms with van der Waals surface area (Å²) in [6.45, 7) is 5.13. The number of nitriles is 1. The monoisotopic (exact) mass is 831 g/mol. The number of piperidine rings is 2. The van der Waals surface area contributed by atoms with Crippen molar-refractivity contribution in [2.45, 2.75) is 76.1 Å². The topological polar surface area (TPSA) is 164 Å². The van der Waals surface area contributed by atoms with Crippen LogP contribution in [-0.4, -0.2) is 107 Å². The molecule has 0 radical (unpaired) electrons. The normalized spacial score (nSPS) is 22.5. The van der Waals surface area contributed by atoms with Crippen molar-refractivity contribution in [3.05, 3.63) is 88.7 Å². The van der Waals surface area contributed by atoms with Crippen molar-refractivity contribution in [2.24, 2.45) is 5.92 Å². The van der Waals surface area contributed by atoms with E-state index in [1.54, 1.807) is 18.3 Å². The maximum atomic E-state index is 15.5. The fourth-order valence-electron chi connectivity index (χ4n) is 9.58. The predicted octanol–water partition coefficient (Wildman–Crippen LogP) is 4.70. The summed E-state index contributed by atoms with van der Waals surface area (Å²) >= 11 is 0. The molecular weight excluding hydrogens is 785 g/mol. The molecule has 4 fully saturated rings. The van der Waals surface area contributed by atoms with Crippen LogP contribution in [0.25, 0.3) is 10.9 Å². The minimum Gasteiger partial charge on any atom is -0.490 e. The Balaban J connectivity index is 0.715. The zero-order chi connectivity index (χ0) is 42.2. The lowest BCUT2D eigenvalue weighted by molar-refractivity contribution is -0.136. The Morgan fingerprint density at radius 3 is 2.43 bits per heavy atom. The third-order valence-corrected chi connectivity index (χ3v) is 13.0. The van der Waals surface area contributed by atoms with Crippen LogP contribution in [0.4, 0.5) is 20.3 Å². The van der Waals surface area contributed by atoms with Gasteiger partial charge in [-0.15, -0.1) is 0 Å². The Hall–Kier alpha value is -6.21. The van der Waals surface area contributed by atoms with E-state index in [2.05, 4.69) is 31.6 Å². The first-order valence-electron chi connectivity index (χ1n) is 21.2. The molecule has 16 heteroatoms. The van der Waals surface area contributed by atoms with Gasteiger partial charge in [0.2, 0.25) is 11.8 Å². The van der Waals surface area contributed by atoms with Gasteiger partial charge in [0, 0.05) is 88.2 Å². The number of hydrogen-bond acceptors (Lipinski definition) is 11. The molecule has 14 nitrogen and oxygen atoms in total. The molecule has 0 bridgehead atoms. The van der Waals surface area contributed by atoms with Crippen LogP contribution in [0.5, 0.6) is 5.75 Å². The second-order valence-corrected chi connectivity index (χ2v) is 16.8. The summed E-state index contributed by atoms with van der Waals surface area (Å²) in [6.07, 6.45) is 8.12. The summed E-state index contributed by atoms with van der Waals surface area (Å²) in [6, 6.07) is 12.9. The van der Waals surface area contributed by atoms with Gasteiger partial charge in [0.25, 0.3) is 11.8 Å². The van der Waals surface area contributed by atoms with Crippen molar-refractivity contribution in [3.8, 4) is 11.8 Å². The zero-order valence-electron chi connectivity index (χ0n) is 33.7. The van der Waals surface area contributed by atoms with Gasteiger partial charge >= 0.3 is 0 Å². The Morgan fingerprint density at radius 2 is 1.69 bits per heavy atom. The first-order valence-corrected chi connectivity index (χ1v) is 21.2. The Bertz CT molecular complexity index is 2420. The average molecular weight is 832 g/mol. The highest BCUT2D eigenvalue weighted by molar-refractivity contribution is 6.05. The Morgan fingerprint density at radius 1 is 0.902 bits per heavy atom. The molecule has 3 saturated heterocycles. The molecule has 316 valence electrons.